The van der Waals surface area contributed by atoms with Crippen molar-refractivity contribution < 1.29 is 0 Å². The fourth-order valence-corrected chi connectivity index (χ4v) is 18.9. The molecule has 0 saturated carbocycles. The largest absolute Gasteiger partial charge is 0.311 e. The van der Waals surface area contributed by atoms with Gasteiger partial charge in [-0.05, 0) is 224 Å². The normalized spacial score (nSPS) is 14.0. The van der Waals surface area contributed by atoms with Crippen LogP contribution in [0.5, 0.6) is 0 Å². The van der Waals surface area contributed by atoms with Crippen LogP contribution < -0.4 is 42.6 Å². The summed E-state index contributed by atoms with van der Waals surface area (Å²) in [6, 6.07) is 95.1. The quantitative estimate of drug-likeness (QED) is 0.121. The smallest absolute Gasteiger partial charge is 0.248 e. The van der Waals surface area contributed by atoms with Crippen molar-refractivity contribution in [2.24, 2.45) is 0 Å². The average Bonchev–Trinajstić information content (AvgIpc) is 0.660. The second-order valence-electron chi connectivity index (χ2n) is 36.8. The van der Waals surface area contributed by atoms with Crippen molar-refractivity contribution in [2.45, 2.75) is 157 Å². The molecular formula is C100H94B2N2. The maximum atomic E-state index is 2.77. The van der Waals surface area contributed by atoms with E-state index in [1.54, 1.807) is 0 Å². The highest BCUT2D eigenvalue weighted by Crippen LogP contribution is 2.57. The van der Waals surface area contributed by atoms with Crippen LogP contribution in [0.4, 0.5) is 34.1 Å². The summed E-state index contributed by atoms with van der Waals surface area (Å²) in [5, 5.41) is 8.15. The molecule has 0 radical (unpaired) electrons. The van der Waals surface area contributed by atoms with Gasteiger partial charge in [0.1, 0.15) is 0 Å². The van der Waals surface area contributed by atoms with Gasteiger partial charge in [-0.1, -0.05) is 330 Å². The first kappa shape index (κ1) is 65.8. The first-order chi connectivity index (χ1) is 49.5. The molecule has 0 bridgehead atoms. The van der Waals surface area contributed by atoms with Crippen molar-refractivity contribution in [1.29, 1.82) is 0 Å². The predicted molar refractivity (Wildman–Crippen MR) is 454 cm³/mol. The van der Waals surface area contributed by atoms with Gasteiger partial charge in [-0.3, -0.25) is 0 Å². The van der Waals surface area contributed by atoms with Crippen LogP contribution in [0.15, 0.2) is 243 Å². The topological polar surface area (TPSA) is 6.48 Å². The predicted octanol–water partition coefficient (Wildman–Crippen LogP) is 23.6. The minimum absolute atomic E-state index is 0.101. The molecule has 0 amide bonds. The highest BCUT2D eigenvalue weighted by molar-refractivity contribution is 7.02. The van der Waals surface area contributed by atoms with Crippen LogP contribution in [0.2, 0.25) is 0 Å². The van der Waals surface area contributed by atoms with Gasteiger partial charge in [0.2, 0.25) is 13.4 Å². The minimum Gasteiger partial charge on any atom is -0.311 e. The molecule has 4 heteroatoms. The Hall–Kier alpha value is -10.2. The molecule has 0 spiro atoms. The summed E-state index contributed by atoms with van der Waals surface area (Å²) in [5.41, 5.74) is 37.9. The third kappa shape index (κ3) is 9.82. The number of fused-ring (bicyclic) bond motifs is 8. The van der Waals surface area contributed by atoms with E-state index in [-0.39, 0.29) is 45.9 Å². The molecule has 4 aliphatic rings. The molecule has 4 aliphatic heterocycles. The number of benzene rings is 14. The second kappa shape index (κ2) is 22.7. The molecule has 14 aromatic carbocycles. The zero-order valence-electron chi connectivity index (χ0n) is 64.1. The summed E-state index contributed by atoms with van der Waals surface area (Å²) in [6.45, 7) is 43.8. The van der Waals surface area contributed by atoms with Gasteiger partial charge in [0.15, 0.2) is 0 Å². The zero-order valence-corrected chi connectivity index (χ0v) is 64.1. The third-order valence-corrected chi connectivity index (χ3v) is 23.8. The molecule has 104 heavy (non-hydrogen) atoms. The van der Waals surface area contributed by atoms with Gasteiger partial charge < -0.3 is 9.80 Å². The Morgan fingerprint density at radius 3 is 0.856 bits per heavy atom. The van der Waals surface area contributed by atoms with Gasteiger partial charge in [-0.2, -0.15) is 0 Å². The molecule has 0 unspecified atom stereocenters. The van der Waals surface area contributed by atoms with E-state index in [1.165, 1.54) is 199 Å². The summed E-state index contributed by atoms with van der Waals surface area (Å²) < 4.78 is 0. The fourth-order valence-electron chi connectivity index (χ4n) is 18.9. The number of para-hydroxylation sites is 4. The minimum atomic E-state index is -0.244. The molecule has 0 aliphatic carbocycles. The van der Waals surface area contributed by atoms with E-state index in [0.29, 0.717) is 0 Å². The van der Waals surface area contributed by atoms with Gasteiger partial charge in [0, 0.05) is 33.9 Å². The lowest BCUT2D eigenvalue weighted by atomic mass is 9.31. The molecule has 510 valence electrons. The van der Waals surface area contributed by atoms with Gasteiger partial charge in [-0.15, -0.1) is 0 Å². The molecule has 4 heterocycles. The van der Waals surface area contributed by atoms with E-state index in [2.05, 4.69) is 377 Å². The highest BCUT2D eigenvalue weighted by Gasteiger charge is 2.47. The van der Waals surface area contributed by atoms with Gasteiger partial charge in [0.25, 0.3) is 0 Å². The zero-order chi connectivity index (χ0) is 72.4. The molecule has 0 atom stereocenters. The Kier molecular flexibility index (Phi) is 14.4. The van der Waals surface area contributed by atoms with Crippen molar-refractivity contribution in [3.8, 4) is 66.8 Å². The average molecular weight is 1350 g/mol. The number of rotatable bonds is 6. The van der Waals surface area contributed by atoms with E-state index in [0.717, 1.165) is 0 Å². The van der Waals surface area contributed by atoms with E-state index in [4.69, 9.17) is 0 Å². The monoisotopic (exact) mass is 1340 g/mol. The maximum absolute atomic E-state index is 2.77. The van der Waals surface area contributed by atoms with Crippen molar-refractivity contribution in [1.82, 2.24) is 0 Å². The number of hydrogen-bond donors (Lipinski definition) is 0. The third-order valence-electron chi connectivity index (χ3n) is 23.8. The van der Waals surface area contributed by atoms with Crippen molar-refractivity contribution in [2.75, 3.05) is 9.80 Å². The van der Waals surface area contributed by atoms with Crippen LogP contribution in [-0.4, -0.2) is 13.4 Å². The summed E-state index contributed by atoms with van der Waals surface area (Å²) >= 11 is 0. The molecule has 14 aromatic rings. The standard InChI is InChI=1S/C100H94B2N2/c1-95(2,3)61-51-73(97(7,8)9)87(74(52-61)98(10,11)12)69-55-67-65-41-33-49-85-93(65)102(78-44-28-32-48-84(78)103(85)81-45-29-25-39-63(81)59-35-21-19-22-36-59)80-58-72-70(88-75(99(13,14)15)53-62(96(4,5)6)54-76(88)100(16,17)18)56-68-66-42-34-50-86-94(66)101(79-57-71(69)91(89(67)80)92(72)90(68)79)77-43-27-31-47-83(77)104(86)82-46-30-26-40-64(82)60-37-23-20-24-38-60/h19-58H,1-18H3. The van der Waals surface area contributed by atoms with Crippen LogP contribution in [0.25, 0.3) is 99.1 Å². The molecule has 2 nitrogen and oxygen atoms in total. The summed E-state index contributed by atoms with van der Waals surface area (Å²) in [7, 11) is 0. The molecule has 0 N–H and O–H groups in total. The maximum Gasteiger partial charge on any atom is 0.248 e. The number of hydrogen-bond acceptors (Lipinski definition) is 2. The van der Waals surface area contributed by atoms with Crippen LogP contribution in [0.1, 0.15) is 158 Å². The lowest BCUT2D eigenvalue weighted by Crippen LogP contribution is -2.60. The lowest BCUT2D eigenvalue weighted by Gasteiger charge is -2.43. The Bertz CT molecular complexity index is 5490. The summed E-state index contributed by atoms with van der Waals surface area (Å²) in [4.78, 5) is 5.23. The fraction of sp³-hybridized carbons (Fsp3) is 0.240. The molecule has 0 fully saturated rings. The molecular weight excluding hydrogens is 1250 g/mol. The molecule has 0 saturated heterocycles. The van der Waals surface area contributed by atoms with Crippen LogP contribution in [0.3, 0.4) is 0 Å². The van der Waals surface area contributed by atoms with Crippen molar-refractivity contribution in [3.63, 3.8) is 0 Å². The Morgan fingerprint density at radius 1 is 0.221 bits per heavy atom. The lowest BCUT2D eigenvalue weighted by molar-refractivity contribution is 0.550. The van der Waals surface area contributed by atoms with Crippen molar-refractivity contribution in [3.05, 3.63) is 276 Å². The van der Waals surface area contributed by atoms with Crippen LogP contribution >= 0.6 is 0 Å². The Labute approximate surface area is 618 Å². The van der Waals surface area contributed by atoms with E-state index in [1.807, 2.05) is 0 Å². The van der Waals surface area contributed by atoms with E-state index >= 15 is 0 Å². The van der Waals surface area contributed by atoms with Crippen LogP contribution in [-0.2, 0) is 32.5 Å². The summed E-state index contributed by atoms with van der Waals surface area (Å²) in [5.74, 6) is 0. The molecule has 18 rings (SSSR count). The first-order valence-corrected chi connectivity index (χ1v) is 38.1. The van der Waals surface area contributed by atoms with E-state index in [9.17, 15) is 0 Å². The first-order valence-electron chi connectivity index (χ1n) is 38.1. The Balaban J connectivity index is 1.08. The Morgan fingerprint density at radius 2 is 0.519 bits per heavy atom. The second-order valence-corrected chi connectivity index (χ2v) is 36.8. The number of nitrogens with zero attached hydrogens (tertiary/aromatic N) is 2. The van der Waals surface area contributed by atoms with Crippen molar-refractivity contribution >= 4 is 113 Å². The number of anilines is 6. The molecule has 0 aromatic heterocycles. The summed E-state index contributed by atoms with van der Waals surface area (Å²) in [6.07, 6.45) is 0. The highest BCUT2D eigenvalue weighted by atomic mass is 15.2. The van der Waals surface area contributed by atoms with E-state index < -0.39 is 0 Å². The van der Waals surface area contributed by atoms with Gasteiger partial charge in [0.05, 0.1) is 11.4 Å². The van der Waals surface area contributed by atoms with Gasteiger partial charge >= 0.3 is 0 Å². The van der Waals surface area contributed by atoms with Crippen LogP contribution in [0, 0.1) is 0 Å². The van der Waals surface area contributed by atoms with Gasteiger partial charge in [-0.25, -0.2) is 0 Å². The SMILES string of the molecule is CC(C)(C)c1cc(C(C)(C)C)c(-c2cc3c4c(cc5c(-c6c(C(C)(C)C)cc(C(C)(C)C)cc6C(C)(C)C)cc6c7c(cc2c4c57)B2c4ccccc4N(c4ccccc4-c4ccccc4)c4cccc-6c42)B2c4ccccc4N(c4ccccc4-c4ccccc4)c4cccc-3c42)c(C(C)(C)C)c1.